The average Bonchev–Trinajstić information content (AvgIpc) is 2.88. The van der Waals surface area contributed by atoms with Crippen molar-refractivity contribution in [2.24, 2.45) is 10.3 Å². The molecule has 1 fully saturated rings. The smallest absolute Gasteiger partial charge is 0.340 e. The van der Waals surface area contributed by atoms with Gasteiger partial charge in [-0.05, 0) is 30.9 Å². The maximum atomic E-state index is 12.7. The van der Waals surface area contributed by atoms with Crippen molar-refractivity contribution in [1.29, 1.82) is 0 Å². The van der Waals surface area contributed by atoms with Gasteiger partial charge in [0.05, 0.1) is 16.3 Å². The van der Waals surface area contributed by atoms with Crippen LogP contribution in [-0.4, -0.2) is 45.8 Å². The van der Waals surface area contributed by atoms with Crippen molar-refractivity contribution in [3.8, 4) is 0 Å². The molecular weight excluding hydrogens is 418 g/mol. The highest BCUT2D eigenvalue weighted by Crippen LogP contribution is 2.38. The van der Waals surface area contributed by atoms with Crippen molar-refractivity contribution in [2.75, 3.05) is 24.6 Å². The summed E-state index contributed by atoms with van der Waals surface area (Å²) in [5.41, 5.74) is 0.312. The van der Waals surface area contributed by atoms with E-state index in [-0.39, 0.29) is 21.4 Å². The van der Waals surface area contributed by atoms with E-state index in [0.29, 0.717) is 31.0 Å². The zero-order chi connectivity index (χ0) is 21.2. The topological polar surface area (TPSA) is 105 Å². The number of carbonyl (C=O) groups excluding carboxylic acids is 2. The number of hydrogen-bond acceptors (Lipinski definition) is 6. The number of ether oxygens (including phenoxy) is 1. The molecule has 2 aliphatic rings. The van der Waals surface area contributed by atoms with Crippen LogP contribution in [0, 0.1) is 5.92 Å². The summed E-state index contributed by atoms with van der Waals surface area (Å²) in [7, 11) is -3.95. The van der Waals surface area contributed by atoms with Crippen molar-refractivity contribution in [3.63, 3.8) is 0 Å². The third-order valence-corrected chi connectivity index (χ3v) is 6.34. The molecule has 1 amide bonds. The summed E-state index contributed by atoms with van der Waals surface area (Å²) in [4.78, 5) is 25.9. The molecule has 1 saturated heterocycles. The predicted octanol–water partition coefficient (Wildman–Crippen LogP) is 2.75. The number of fused-ring (bicyclic) bond motifs is 3. The number of benzene rings is 1. The van der Waals surface area contributed by atoms with Gasteiger partial charge in [0.25, 0.3) is 15.9 Å². The third kappa shape index (κ3) is 4.90. The van der Waals surface area contributed by atoms with Crippen LogP contribution in [0.4, 0.5) is 5.69 Å². The number of amides is 1. The van der Waals surface area contributed by atoms with Crippen LogP contribution in [0.2, 0.25) is 5.02 Å². The fraction of sp³-hybridized carbons (Fsp3) is 0.526. The Kier molecular flexibility index (Phi) is 6.48. The monoisotopic (exact) mass is 441 g/mol. The summed E-state index contributed by atoms with van der Waals surface area (Å²) in [6.07, 6.45) is 3.34. The summed E-state index contributed by atoms with van der Waals surface area (Å²) in [6.45, 7) is 4.51. The van der Waals surface area contributed by atoms with E-state index < -0.39 is 28.5 Å². The van der Waals surface area contributed by atoms with Crippen LogP contribution >= 0.6 is 11.6 Å². The molecule has 0 atom stereocenters. The molecule has 1 aromatic carbocycles. The van der Waals surface area contributed by atoms with Crippen LogP contribution in [0.25, 0.3) is 0 Å². The summed E-state index contributed by atoms with van der Waals surface area (Å²) < 4.78 is 34.3. The van der Waals surface area contributed by atoms with Crippen molar-refractivity contribution < 1.29 is 22.7 Å². The molecule has 158 valence electrons. The molecule has 0 bridgehead atoms. The fourth-order valence-corrected chi connectivity index (χ4v) is 4.73. The van der Waals surface area contributed by atoms with Gasteiger partial charge in [0.2, 0.25) is 0 Å². The highest BCUT2D eigenvalue weighted by molar-refractivity contribution is 7.90. The Morgan fingerprint density at radius 2 is 2.03 bits per heavy atom. The van der Waals surface area contributed by atoms with Crippen molar-refractivity contribution in [1.82, 2.24) is 5.32 Å². The maximum absolute atomic E-state index is 12.7. The number of anilines is 1. The van der Waals surface area contributed by atoms with Gasteiger partial charge in [-0.2, -0.15) is 8.42 Å². The Bertz CT molecular complexity index is 959. The standard InChI is InChI=1S/C19H24ClN3O5S/c1-12(2)10-21-18(24)11-28-19(25)13-8-16-15(9-14(13)20)23-7-5-3-4-6-17(23)22-29(16,26)27/h8-9,12H,3-7,10-11H2,1-2H3,(H,21,24). The van der Waals surface area contributed by atoms with Crippen LogP contribution in [-0.2, 0) is 19.6 Å². The SMILES string of the molecule is CC(C)CNC(=O)COC(=O)c1cc2c(cc1Cl)N1CCCCCC1=NS2(=O)=O. The molecule has 0 unspecified atom stereocenters. The first-order valence-corrected chi connectivity index (χ1v) is 11.4. The molecular formula is C19H24ClN3O5S. The number of esters is 1. The Hall–Kier alpha value is -2.13. The number of halogens is 1. The maximum Gasteiger partial charge on any atom is 0.340 e. The molecule has 2 heterocycles. The number of nitrogens with zero attached hydrogens (tertiary/aromatic N) is 2. The van der Waals surface area contributed by atoms with Crippen LogP contribution < -0.4 is 10.2 Å². The van der Waals surface area contributed by atoms with Crippen LogP contribution in [0.15, 0.2) is 21.4 Å². The normalized spacial score (nSPS) is 17.7. The van der Waals surface area contributed by atoms with Gasteiger partial charge in [-0.25, -0.2) is 4.79 Å². The second-order valence-corrected chi connectivity index (χ2v) is 9.50. The van der Waals surface area contributed by atoms with E-state index in [2.05, 4.69) is 9.71 Å². The Balaban J connectivity index is 1.84. The van der Waals surface area contributed by atoms with Crippen molar-refractivity contribution in [2.45, 2.75) is 44.4 Å². The van der Waals surface area contributed by atoms with Crippen molar-refractivity contribution in [3.05, 3.63) is 22.7 Å². The van der Waals surface area contributed by atoms with Gasteiger partial charge in [-0.1, -0.05) is 31.9 Å². The van der Waals surface area contributed by atoms with E-state index in [1.165, 1.54) is 12.1 Å². The molecule has 10 heteroatoms. The third-order valence-electron chi connectivity index (χ3n) is 4.70. The summed E-state index contributed by atoms with van der Waals surface area (Å²) >= 11 is 6.28. The van der Waals surface area contributed by atoms with Gasteiger partial charge in [0.1, 0.15) is 10.7 Å². The molecule has 3 rings (SSSR count). The minimum atomic E-state index is -3.95. The molecule has 0 aromatic heterocycles. The highest BCUT2D eigenvalue weighted by Gasteiger charge is 2.33. The van der Waals surface area contributed by atoms with Gasteiger partial charge >= 0.3 is 5.97 Å². The number of nitrogens with one attached hydrogen (secondary N) is 1. The van der Waals surface area contributed by atoms with E-state index in [0.717, 1.165) is 19.3 Å². The molecule has 0 saturated carbocycles. The van der Waals surface area contributed by atoms with Crippen LogP contribution in [0.1, 0.15) is 49.9 Å². The molecule has 0 spiro atoms. The molecule has 29 heavy (non-hydrogen) atoms. The second kappa shape index (κ2) is 8.71. The minimum Gasteiger partial charge on any atom is -0.452 e. The minimum absolute atomic E-state index is 0.0667. The van der Waals surface area contributed by atoms with E-state index >= 15 is 0 Å². The van der Waals surface area contributed by atoms with Gasteiger partial charge < -0.3 is 15.0 Å². The molecule has 0 radical (unpaired) electrons. The predicted molar refractivity (Wildman–Crippen MR) is 110 cm³/mol. The highest BCUT2D eigenvalue weighted by atomic mass is 35.5. The summed E-state index contributed by atoms with van der Waals surface area (Å²) in [5.74, 6) is -0.534. The number of carbonyl (C=O) groups is 2. The van der Waals surface area contributed by atoms with E-state index in [1.807, 2.05) is 18.7 Å². The quantitative estimate of drug-likeness (QED) is 0.704. The zero-order valence-corrected chi connectivity index (χ0v) is 18.0. The van der Waals surface area contributed by atoms with Gasteiger partial charge in [0.15, 0.2) is 6.61 Å². The van der Waals surface area contributed by atoms with E-state index in [1.54, 1.807) is 0 Å². The summed E-state index contributed by atoms with van der Waals surface area (Å²) in [5, 5.41) is 2.70. The molecule has 1 N–H and O–H groups in total. The molecule has 2 aliphatic heterocycles. The second-order valence-electron chi connectivity index (χ2n) is 7.52. The molecule has 8 nitrogen and oxygen atoms in total. The number of hydrogen-bond donors (Lipinski definition) is 1. The van der Waals surface area contributed by atoms with E-state index in [4.69, 9.17) is 16.3 Å². The van der Waals surface area contributed by atoms with Gasteiger partial charge in [-0.15, -0.1) is 4.40 Å². The first kappa shape index (κ1) is 21.6. The lowest BCUT2D eigenvalue weighted by Gasteiger charge is -2.30. The average molecular weight is 442 g/mol. The number of rotatable bonds is 5. The number of sulfonamides is 1. The number of amidine groups is 1. The summed E-state index contributed by atoms with van der Waals surface area (Å²) in [6, 6.07) is 2.65. The first-order valence-electron chi connectivity index (χ1n) is 9.58. The zero-order valence-electron chi connectivity index (χ0n) is 16.4. The fourth-order valence-electron chi connectivity index (χ4n) is 3.23. The Labute approximate surface area is 175 Å². The lowest BCUT2D eigenvalue weighted by Crippen LogP contribution is -2.35. The lowest BCUT2D eigenvalue weighted by molar-refractivity contribution is -0.124. The van der Waals surface area contributed by atoms with Crippen molar-refractivity contribution >= 4 is 45.0 Å². The van der Waals surface area contributed by atoms with Crippen LogP contribution in [0.5, 0.6) is 0 Å². The lowest BCUT2D eigenvalue weighted by atomic mass is 10.1. The Morgan fingerprint density at radius 1 is 1.28 bits per heavy atom. The van der Waals surface area contributed by atoms with E-state index in [9.17, 15) is 18.0 Å². The Morgan fingerprint density at radius 3 is 2.76 bits per heavy atom. The van der Waals surface area contributed by atoms with Crippen LogP contribution in [0.3, 0.4) is 0 Å². The van der Waals surface area contributed by atoms with Gasteiger partial charge in [0, 0.05) is 19.5 Å². The molecule has 1 aromatic rings. The molecule has 0 aliphatic carbocycles. The first-order chi connectivity index (χ1) is 13.7. The largest absolute Gasteiger partial charge is 0.452 e. The van der Waals surface area contributed by atoms with Gasteiger partial charge in [-0.3, -0.25) is 4.79 Å².